The van der Waals surface area contributed by atoms with E-state index in [1.165, 1.54) is 0 Å². The number of aromatic amines is 1. The Labute approximate surface area is 160 Å². The average molecular weight is 383 g/mol. The Morgan fingerprint density at radius 3 is 2.52 bits per heavy atom. The van der Waals surface area contributed by atoms with Crippen molar-refractivity contribution >= 4 is 35.1 Å². The summed E-state index contributed by atoms with van der Waals surface area (Å²) in [7, 11) is 0. The second kappa shape index (κ2) is 8.39. The number of hydrogen-bond donors (Lipinski definition) is 3. The zero-order chi connectivity index (χ0) is 19.2. The molecule has 0 spiro atoms. The van der Waals surface area contributed by atoms with Crippen LogP contribution in [0.5, 0.6) is 5.75 Å². The molecule has 138 valence electrons. The van der Waals surface area contributed by atoms with Gasteiger partial charge in [-0.15, -0.1) is 10.2 Å². The first-order valence-corrected chi connectivity index (χ1v) is 8.54. The summed E-state index contributed by atoms with van der Waals surface area (Å²) in [5.74, 6) is 0.876. The lowest BCUT2D eigenvalue weighted by molar-refractivity contribution is 0.300. The minimum Gasteiger partial charge on any atom is -0.494 e. The van der Waals surface area contributed by atoms with E-state index in [1.54, 1.807) is 54.6 Å². The summed E-state index contributed by atoms with van der Waals surface area (Å²) >= 11 is 5.03. The van der Waals surface area contributed by atoms with Crippen LogP contribution < -0.4 is 20.7 Å². The van der Waals surface area contributed by atoms with Crippen LogP contribution in [0.1, 0.15) is 6.92 Å². The lowest BCUT2D eigenvalue weighted by Gasteiger charge is -2.18. The van der Waals surface area contributed by atoms with Crippen LogP contribution in [-0.4, -0.2) is 27.0 Å². The van der Waals surface area contributed by atoms with Crippen molar-refractivity contribution < 1.29 is 9.94 Å². The predicted octanol–water partition coefficient (Wildman–Crippen LogP) is 3.56. The number of hydrogen-bond acceptors (Lipinski definition) is 8. The molecule has 1 aromatic heterocycles. The van der Waals surface area contributed by atoms with E-state index in [-0.39, 0.29) is 16.3 Å². The smallest absolute Gasteiger partial charge is 0.318 e. The maximum Gasteiger partial charge on any atom is 0.318 e. The molecule has 0 saturated heterocycles. The summed E-state index contributed by atoms with van der Waals surface area (Å²) in [4.78, 5) is 15.2. The minimum atomic E-state index is -0.748. The summed E-state index contributed by atoms with van der Waals surface area (Å²) in [6, 6.07) is 15.7. The Balaban J connectivity index is 2.05. The van der Waals surface area contributed by atoms with Gasteiger partial charge < -0.3 is 15.0 Å². The summed E-state index contributed by atoms with van der Waals surface area (Å²) in [6.45, 7) is 2.46. The highest BCUT2D eigenvalue weighted by molar-refractivity contribution is 7.71. The first kappa shape index (κ1) is 18.5. The third-order valence-corrected chi connectivity index (χ3v) is 3.73. The van der Waals surface area contributed by atoms with Gasteiger partial charge in [-0.2, -0.15) is 0 Å². The van der Waals surface area contributed by atoms with Crippen LogP contribution in [0.3, 0.4) is 0 Å². The molecule has 0 atom stereocenters. The summed E-state index contributed by atoms with van der Waals surface area (Å²) in [6.07, 6.45) is 0. The van der Waals surface area contributed by atoms with Crippen molar-refractivity contribution in [3.63, 3.8) is 0 Å². The van der Waals surface area contributed by atoms with Gasteiger partial charge in [-0.25, -0.2) is 5.06 Å². The van der Waals surface area contributed by atoms with Crippen molar-refractivity contribution in [3.05, 3.63) is 69.7 Å². The molecule has 3 rings (SSSR count). The Bertz CT molecular complexity index is 1030. The number of aromatic nitrogens is 3. The highest BCUT2D eigenvalue weighted by Crippen LogP contribution is 2.27. The topological polar surface area (TPSA) is 103 Å². The van der Waals surface area contributed by atoms with Crippen molar-refractivity contribution in [1.82, 2.24) is 15.2 Å². The molecule has 0 radical (unpaired) electrons. The van der Waals surface area contributed by atoms with E-state index in [0.717, 1.165) is 10.8 Å². The Kier molecular flexibility index (Phi) is 5.74. The molecule has 2 aromatic carbocycles. The average Bonchev–Trinajstić information content (AvgIpc) is 2.82. The van der Waals surface area contributed by atoms with Gasteiger partial charge in [0.25, 0.3) is 0 Å². The molecule has 0 fully saturated rings. The normalized spacial score (nSPS) is 10.3. The zero-order valence-corrected chi connectivity index (χ0v) is 15.2. The first-order chi connectivity index (χ1) is 13.1. The van der Waals surface area contributed by atoms with Gasteiger partial charge in [-0.3, -0.25) is 10.0 Å². The number of benzene rings is 2. The fourth-order valence-corrected chi connectivity index (χ4v) is 2.51. The van der Waals surface area contributed by atoms with Crippen LogP contribution in [0.2, 0.25) is 0 Å². The fourth-order valence-electron chi connectivity index (χ4n) is 2.37. The maximum absolute atomic E-state index is 12.4. The van der Waals surface area contributed by atoms with Crippen LogP contribution in [0.4, 0.5) is 22.9 Å². The van der Waals surface area contributed by atoms with Gasteiger partial charge in [-0.05, 0) is 55.5 Å². The molecule has 27 heavy (non-hydrogen) atoms. The number of para-hydroxylation sites is 1. The highest BCUT2D eigenvalue weighted by atomic mass is 32.1. The SMILES string of the molecule is CCOc1ccc(Nc2[nH]c(=S)nnc(=O)c2N(O)c2ccccc2)cc1. The van der Waals surface area contributed by atoms with Gasteiger partial charge in [0.2, 0.25) is 4.77 Å². The molecule has 3 aromatic rings. The minimum absolute atomic E-state index is 0.00625. The number of anilines is 4. The van der Waals surface area contributed by atoms with Crippen LogP contribution in [0, 0.1) is 4.77 Å². The molecule has 8 nitrogen and oxygen atoms in total. The van der Waals surface area contributed by atoms with Gasteiger partial charge in [0, 0.05) is 5.69 Å². The second-order valence-corrected chi connectivity index (χ2v) is 5.78. The quantitative estimate of drug-likeness (QED) is 0.438. The molecule has 0 bridgehead atoms. The Morgan fingerprint density at radius 2 is 1.85 bits per heavy atom. The number of H-pyrrole nitrogens is 1. The van der Waals surface area contributed by atoms with E-state index < -0.39 is 5.56 Å². The van der Waals surface area contributed by atoms with Gasteiger partial charge in [0.05, 0.1) is 12.3 Å². The van der Waals surface area contributed by atoms with Crippen LogP contribution in [0.25, 0.3) is 0 Å². The zero-order valence-electron chi connectivity index (χ0n) is 14.4. The standard InChI is InChI=1S/C18H17N5O3S/c1-2-26-14-10-8-12(9-11-14)19-16-15(17(24)21-22-18(27)20-16)23(25)13-6-4-3-5-7-13/h3-11,19,25H,2H2,1H3,(H,20,27). The molecule has 0 unspecified atom stereocenters. The van der Waals surface area contributed by atoms with Crippen molar-refractivity contribution in [2.75, 3.05) is 17.0 Å². The molecule has 0 aliphatic carbocycles. The molecule has 0 aliphatic heterocycles. The van der Waals surface area contributed by atoms with E-state index >= 15 is 0 Å². The summed E-state index contributed by atoms with van der Waals surface area (Å²) in [5, 5.41) is 21.5. The molecule has 0 aliphatic rings. The van der Waals surface area contributed by atoms with E-state index in [1.807, 2.05) is 6.92 Å². The number of nitrogens with one attached hydrogen (secondary N) is 2. The molecule has 0 saturated carbocycles. The largest absolute Gasteiger partial charge is 0.494 e. The van der Waals surface area contributed by atoms with Gasteiger partial charge >= 0.3 is 5.56 Å². The van der Waals surface area contributed by atoms with Crippen LogP contribution in [-0.2, 0) is 0 Å². The predicted molar refractivity (Wildman–Crippen MR) is 105 cm³/mol. The molecular formula is C18H17N5O3S. The lowest BCUT2D eigenvalue weighted by Crippen LogP contribution is -2.21. The van der Waals surface area contributed by atoms with Crippen molar-refractivity contribution in [3.8, 4) is 5.75 Å². The van der Waals surface area contributed by atoms with Gasteiger partial charge in [0.1, 0.15) is 11.6 Å². The fraction of sp³-hybridized carbons (Fsp3) is 0.111. The lowest BCUT2D eigenvalue weighted by atomic mass is 10.3. The highest BCUT2D eigenvalue weighted by Gasteiger charge is 2.17. The number of nitrogens with zero attached hydrogens (tertiary/aromatic N) is 3. The third kappa shape index (κ3) is 4.46. The molecule has 1 heterocycles. The van der Waals surface area contributed by atoms with E-state index in [2.05, 4.69) is 20.5 Å². The molecule has 0 amide bonds. The van der Waals surface area contributed by atoms with Gasteiger partial charge in [-0.1, -0.05) is 18.2 Å². The van der Waals surface area contributed by atoms with Crippen molar-refractivity contribution in [2.24, 2.45) is 0 Å². The van der Waals surface area contributed by atoms with E-state index in [4.69, 9.17) is 17.0 Å². The summed E-state index contributed by atoms with van der Waals surface area (Å²) < 4.78 is 5.41. The second-order valence-electron chi connectivity index (χ2n) is 5.39. The van der Waals surface area contributed by atoms with Crippen LogP contribution >= 0.6 is 12.2 Å². The van der Waals surface area contributed by atoms with Crippen LogP contribution in [0.15, 0.2) is 59.4 Å². The van der Waals surface area contributed by atoms with Crippen molar-refractivity contribution in [1.29, 1.82) is 0 Å². The molecule has 9 heteroatoms. The van der Waals surface area contributed by atoms with Crippen molar-refractivity contribution in [2.45, 2.75) is 6.92 Å². The Morgan fingerprint density at radius 1 is 1.15 bits per heavy atom. The Hall–Kier alpha value is -3.30. The first-order valence-electron chi connectivity index (χ1n) is 8.13. The number of rotatable bonds is 6. The molecule has 3 N–H and O–H groups in total. The van der Waals surface area contributed by atoms with E-state index in [0.29, 0.717) is 18.0 Å². The third-order valence-electron chi connectivity index (χ3n) is 3.55. The summed E-state index contributed by atoms with van der Waals surface area (Å²) in [5.41, 5.74) is 0.148. The number of ether oxygens (including phenoxy) is 1. The molecular weight excluding hydrogens is 366 g/mol. The monoisotopic (exact) mass is 383 g/mol. The van der Waals surface area contributed by atoms with Gasteiger partial charge in [0.15, 0.2) is 5.69 Å². The van der Waals surface area contributed by atoms with E-state index in [9.17, 15) is 10.0 Å². The maximum atomic E-state index is 12.4.